The minimum absolute atomic E-state index is 0.0625. The van der Waals surface area contributed by atoms with Gasteiger partial charge in [0.25, 0.3) is 0 Å². The van der Waals surface area contributed by atoms with Crippen molar-refractivity contribution < 1.29 is 9.59 Å². The van der Waals surface area contributed by atoms with Gasteiger partial charge in [-0.05, 0) is 24.8 Å². The fraction of sp³-hybridized carbons (Fsp3) is 0.429. The van der Waals surface area contributed by atoms with E-state index in [1.165, 1.54) is 0 Å². The fourth-order valence-corrected chi connectivity index (χ4v) is 2.24. The summed E-state index contributed by atoms with van der Waals surface area (Å²) in [7, 11) is 0. The molecule has 96 valence electrons. The Morgan fingerprint density at radius 3 is 2.94 bits per heavy atom. The number of hydrogen-bond acceptors (Lipinski definition) is 2. The Balaban J connectivity index is 2.07. The van der Waals surface area contributed by atoms with Crippen molar-refractivity contribution in [3.05, 3.63) is 36.2 Å². The largest absolute Gasteiger partial charge is 0.351 e. The average molecular weight is 246 g/mol. The van der Waals surface area contributed by atoms with E-state index < -0.39 is 0 Å². The number of hydrogen-bond donors (Lipinski definition) is 1. The highest BCUT2D eigenvalue weighted by Crippen LogP contribution is 2.21. The Labute approximate surface area is 107 Å². The minimum Gasteiger partial charge on any atom is -0.351 e. The van der Waals surface area contributed by atoms with Crippen LogP contribution in [0.1, 0.15) is 35.2 Å². The molecule has 0 aliphatic heterocycles. The van der Waals surface area contributed by atoms with Gasteiger partial charge < -0.3 is 9.88 Å². The number of aryl methyl sites for hydroxylation is 1. The van der Waals surface area contributed by atoms with Gasteiger partial charge in [0.2, 0.25) is 5.91 Å². The minimum atomic E-state index is -0.0625. The summed E-state index contributed by atoms with van der Waals surface area (Å²) in [4.78, 5) is 23.4. The maximum atomic E-state index is 11.8. The number of amides is 1. The van der Waals surface area contributed by atoms with Gasteiger partial charge in [-0.25, -0.2) is 0 Å². The lowest BCUT2D eigenvalue weighted by atomic mass is 10.1. The van der Waals surface area contributed by atoms with Crippen molar-refractivity contribution in [3.8, 4) is 0 Å². The molecule has 18 heavy (non-hydrogen) atoms. The third-order valence-corrected chi connectivity index (χ3v) is 3.13. The molecule has 1 aromatic rings. The second-order valence-corrected chi connectivity index (χ2v) is 4.59. The van der Waals surface area contributed by atoms with Crippen molar-refractivity contribution in [1.29, 1.82) is 0 Å². The highest BCUT2D eigenvalue weighted by molar-refractivity contribution is 5.97. The summed E-state index contributed by atoms with van der Waals surface area (Å²) >= 11 is 0. The molecule has 0 saturated heterocycles. The summed E-state index contributed by atoms with van der Waals surface area (Å²) < 4.78 is 1.80. The van der Waals surface area contributed by atoms with Crippen LogP contribution in [0.3, 0.4) is 0 Å². The first-order valence-electron chi connectivity index (χ1n) is 6.30. The zero-order valence-corrected chi connectivity index (χ0v) is 10.4. The average Bonchev–Trinajstić information content (AvgIpc) is 2.67. The first-order chi connectivity index (χ1) is 8.70. The molecule has 0 saturated carbocycles. The van der Waals surface area contributed by atoms with Crippen LogP contribution in [-0.4, -0.2) is 22.8 Å². The molecule has 0 fully saturated rings. The van der Waals surface area contributed by atoms with Crippen LogP contribution < -0.4 is 5.32 Å². The van der Waals surface area contributed by atoms with E-state index in [2.05, 4.69) is 11.9 Å². The molecular weight excluding hydrogens is 228 g/mol. The number of carbonyl (C=O) groups excluding carboxylic acids is 2. The number of fused-ring (bicyclic) bond motifs is 1. The van der Waals surface area contributed by atoms with Crippen molar-refractivity contribution in [3.63, 3.8) is 0 Å². The van der Waals surface area contributed by atoms with Crippen LogP contribution in [0, 0.1) is 0 Å². The summed E-state index contributed by atoms with van der Waals surface area (Å²) in [5.41, 5.74) is 1.87. The second kappa shape index (κ2) is 5.67. The second-order valence-electron chi connectivity index (χ2n) is 4.59. The summed E-state index contributed by atoms with van der Waals surface area (Å²) in [5.74, 6) is 0.139. The molecule has 0 bridgehead atoms. The predicted octanol–water partition coefficient (Wildman–Crippen LogP) is 1.70. The zero-order chi connectivity index (χ0) is 13.0. The third kappa shape index (κ3) is 2.88. The molecule has 0 unspecified atom stereocenters. The van der Waals surface area contributed by atoms with Crippen LogP contribution in [-0.2, 0) is 17.8 Å². The highest BCUT2D eigenvalue weighted by atomic mass is 16.2. The molecule has 2 rings (SSSR count). The summed E-state index contributed by atoms with van der Waals surface area (Å²) in [6, 6.07) is 0. The van der Waals surface area contributed by atoms with Crippen molar-refractivity contribution in [2.75, 3.05) is 6.54 Å². The molecule has 0 aromatic carbocycles. The van der Waals surface area contributed by atoms with E-state index in [0.717, 1.165) is 30.4 Å². The molecule has 1 aliphatic rings. The third-order valence-electron chi connectivity index (χ3n) is 3.13. The Bertz CT molecular complexity index is 474. The van der Waals surface area contributed by atoms with Gasteiger partial charge in [0.05, 0.1) is 0 Å². The Morgan fingerprint density at radius 2 is 2.17 bits per heavy atom. The van der Waals surface area contributed by atoms with Gasteiger partial charge in [0, 0.05) is 30.9 Å². The molecule has 1 aromatic heterocycles. The van der Waals surface area contributed by atoms with Gasteiger partial charge in [0.15, 0.2) is 5.78 Å². The quantitative estimate of drug-likeness (QED) is 0.649. The number of Topliss-reactive ketones (excluding diaryl/α,β-unsaturated/α-hetero) is 1. The Hall–Kier alpha value is -1.84. The van der Waals surface area contributed by atoms with Gasteiger partial charge >= 0.3 is 0 Å². The van der Waals surface area contributed by atoms with E-state index in [9.17, 15) is 9.59 Å². The molecule has 1 aliphatic carbocycles. The van der Waals surface area contributed by atoms with Crippen LogP contribution in [0.25, 0.3) is 0 Å². The van der Waals surface area contributed by atoms with Crippen LogP contribution in [0.5, 0.6) is 0 Å². The smallest absolute Gasteiger partial charge is 0.240 e. The lowest BCUT2D eigenvalue weighted by molar-refractivity contribution is -0.121. The van der Waals surface area contributed by atoms with E-state index >= 15 is 0 Å². The van der Waals surface area contributed by atoms with Crippen LogP contribution >= 0.6 is 0 Å². The molecule has 0 radical (unpaired) electrons. The van der Waals surface area contributed by atoms with Crippen molar-refractivity contribution >= 4 is 11.7 Å². The molecule has 0 atom stereocenters. The van der Waals surface area contributed by atoms with Gasteiger partial charge in [-0.3, -0.25) is 9.59 Å². The Morgan fingerprint density at radius 1 is 1.39 bits per heavy atom. The van der Waals surface area contributed by atoms with Gasteiger partial charge in [0.1, 0.15) is 6.54 Å². The van der Waals surface area contributed by atoms with Gasteiger partial charge in [-0.1, -0.05) is 6.08 Å². The summed E-state index contributed by atoms with van der Waals surface area (Å²) in [5, 5.41) is 2.72. The molecular formula is C14H18N2O2. The molecule has 1 N–H and O–H groups in total. The number of rotatable bonds is 4. The highest BCUT2D eigenvalue weighted by Gasteiger charge is 2.18. The lowest BCUT2D eigenvalue weighted by Crippen LogP contribution is -2.27. The summed E-state index contributed by atoms with van der Waals surface area (Å²) in [6.45, 7) is 4.28. The van der Waals surface area contributed by atoms with Gasteiger partial charge in [-0.15, -0.1) is 6.58 Å². The van der Waals surface area contributed by atoms with Crippen molar-refractivity contribution in [2.24, 2.45) is 0 Å². The lowest BCUT2D eigenvalue weighted by Gasteiger charge is -2.03. The SMILES string of the molecule is C=CCNC(=O)Cn1cc2c(c1)C(=O)CCCC2. The van der Waals surface area contributed by atoms with Crippen LogP contribution in [0.15, 0.2) is 25.0 Å². The van der Waals surface area contributed by atoms with Crippen LogP contribution in [0.4, 0.5) is 0 Å². The van der Waals surface area contributed by atoms with E-state index in [-0.39, 0.29) is 18.2 Å². The van der Waals surface area contributed by atoms with Crippen molar-refractivity contribution in [2.45, 2.75) is 32.2 Å². The van der Waals surface area contributed by atoms with Gasteiger partial charge in [-0.2, -0.15) is 0 Å². The fourth-order valence-electron chi connectivity index (χ4n) is 2.24. The topological polar surface area (TPSA) is 51.1 Å². The molecule has 0 spiro atoms. The molecule has 1 heterocycles. The van der Waals surface area contributed by atoms with E-state index in [0.29, 0.717) is 13.0 Å². The van der Waals surface area contributed by atoms with Crippen molar-refractivity contribution in [1.82, 2.24) is 9.88 Å². The first kappa shape index (κ1) is 12.6. The molecule has 4 heteroatoms. The summed E-state index contributed by atoms with van der Waals surface area (Å²) in [6.07, 6.45) is 8.94. The monoisotopic (exact) mass is 246 g/mol. The first-order valence-corrected chi connectivity index (χ1v) is 6.30. The maximum absolute atomic E-state index is 11.8. The molecule has 4 nitrogen and oxygen atoms in total. The van der Waals surface area contributed by atoms with E-state index in [1.807, 2.05) is 6.20 Å². The zero-order valence-electron chi connectivity index (χ0n) is 10.4. The Kier molecular flexibility index (Phi) is 3.97. The van der Waals surface area contributed by atoms with Crippen LogP contribution in [0.2, 0.25) is 0 Å². The van der Waals surface area contributed by atoms with E-state index in [4.69, 9.17) is 0 Å². The predicted molar refractivity (Wildman–Crippen MR) is 69.5 cm³/mol. The molecule has 1 amide bonds. The number of nitrogens with one attached hydrogen (secondary N) is 1. The number of carbonyl (C=O) groups is 2. The number of nitrogens with zero attached hydrogens (tertiary/aromatic N) is 1. The number of aromatic nitrogens is 1. The normalized spacial score (nSPS) is 14.8. The number of ketones is 1. The maximum Gasteiger partial charge on any atom is 0.240 e. The standard InChI is InChI=1S/C14H18N2O2/c1-2-7-15-14(18)10-16-8-11-5-3-4-6-13(17)12(11)9-16/h2,8-9H,1,3-7,10H2,(H,15,18). The van der Waals surface area contributed by atoms with E-state index in [1.54, 1.807) is 16.8 Å².